The third kappa shape index (κ3) is 3.18. The van der Waals surface area contributed by atoms with E-state index < -0.39 is 5.97 Å². The van der Waals surface area contributed by atoms with Gasteiger partial charge in [-0.15, -0.1) is 0 Å². The van der Waals surface area contributed by atoms with Crippen molar-refractivity contribution < 1.29 is 14.7 Å². The number of carboxylic acid groups (broad SMARTS) is 1. The second kappa shape index (κ2) is 5.03. The molecular weight excluding hydrogens is 333 g/mol. The Morgan fingerprint density at radius 3 is 2.65 bits per heavy atom. The van der Waals surface area contributed by atoms with Crippen molar-refractivity contribution in [1.29, 1.82) is 0 Å². The van der Waals surface area contributed by atoms with Gasteiger partial charge in [0.05, 0.1) is 0 Å². The van der Waals surface area contributed by atoms with E-state index in [4.69, 9.17) is 5.11 Å². The van der Waals surface area contributed by atoms with Gasteiger partial charge < -0.3 is 10.0 Å². The number of amides is 1. The first-order valence-electron chi connectivity index (χ1n) is 5.36. The molecule has 90 valence electrons. The zero-order valence-electron chi connectivity index (χ0n) is 9.10. The van der Waals surface area contributed by atoms with Crippen LogP contribution in [0.15, 0.2) is 24.3 Å². The molecule has 0 bridgehead atoms. The lowest BCUT2D eigenvalue weighted by Gasteiger charge is -2.20. The molecule has 4 nitrogen and oxygen atoms in total. The summed E-state index contributed by atoms with van der Waals surface area (Å²) < 4.78 is 0.972. The third-order valence-electron chi connectivity index (χ3n) is 2.63. The lowest BCUT2D eigenvalue weighted by atomic mass is 10.2. The Bertz CT molecular complexity index is 457. The largest absolute Gasteiger partial charge is 0.480 e. The van der Waals surface area contributed by atoms with Crippen molar-refractivity contribution in [3.63, 3.8) is 0 Å². The normalized spacial score (nSPS) is 14.4. The van der Waals surface area contributed by atoms with E-state index in [0.29, 0.717) is 5.56 Å². The van der Waals surface area contributed by atoms with Crippen molar-refractivity contribution in [2.45, 2.75) is 18.9 Å². The van der Waals surface area contributed by atoms with Gasteiger partial charge in [0.25, 0.3) is 5.91 Å². The average Bonchev–Trinajstić information content (AvgIpc) is 3.08. The molecule has 0 aromatic heterocycles. The summed E-state index contributed by atoms with van der Waals surface area (Å²) >= 11 is 2.13. The first-order valence-corrected chi connectivity index (χ1v) is 6.44. The van der Waals surface area contributed by atoms with Crippen LogP contribution in [0.25, 0.3) is 0 Å². The highest BCUT2D eigenvalue weighted by atomic mass is 127. The Hall–Kier alpha value is -1.11. The Labute approximate surface area is 113 Å². The summed E-state index contributed by atoms with van der Waals surface area (Å²) in [7, 11) is 0. The SMILES string of the molecule is O=C(O)CN(C(=O)c1cccc(I)c1)C1CC1. The molecule has 1 fully saturated rings. The summed E-state index contributed by atoms with van der Waals surface area (Å²) in [5.74, 6) is -1.15. The van der Waals surface area contributed by atoms with Crippen molar-refractivity contribution in [3.05, 3.63) is 33.4 Å². The predicted octanol–water partition coefficient (Wildman–Crippen LogP) is 1.98. The molecule has 1 amide bonds. The zero-order chi connectivity index (χ0) is 12.4. The van der Waals surface area contributed by atoms with Crippen molar-refractivity contribution in [2.75, 3.05) is 6.54 Å². The number of carbonyl (C=O) groups excluding carboxylic acids is 1. The van der Waals surface area contributed by atoms with Crippen LogP contribution in [0.5, 0.6) is 0 Å². The number of carboxylic acids is 1. The number of benzene rings is 1. The molecule has 0 radical (unpaired) electrons. The fourth-order valence-corrected chi connectivity index (χ4v) is 2.23. The van der Waals surface area contributed by atoms with E-state index in [0.717, 1.165) is 16.4 Å². The monoisotopic (exact) mass is 345 g/mol. The zero-order valence-corrected chi connectivity index (χ0v) is 11.3. The fraction of sp³-hybridized carbons (Fsp3) is 0.333. The molecule has 2 rings (SSSR count). The minimum Gasteiger partial charge on any atom is -0.480 e. The lowest BCUT2D eigenvalue weighted by Crippen LogP contribution is -2.37. The van der Waals surface area contributed by atoms with E-state index in [1.807, 2.05) is 6.07 Å². The van der Waals surface area contributed by atoms with E-state index >= 15 is 0 Å². The van der Waals surface area contributed by atoms with Gasteiger partial charge in [-0.3, -0.25) is 9.59 Å². The van der Waals surface area contributed by atoms with Crippen LogP contribution >= 0.6 is 22.6 Å². The minimum absolute atomic E-state index is 0.108. The van der Waals surface area contributed by atoms with Crippen LogP contribution in [0.1, 0.15) is 23.2 Å². The molecule has 1 aliphatic rings. The molecule has 1 saturated carbocycles. The van der Waals surface area contributed by atoms with E-state index in [2.05, 4.69) is 22.6 Å². The van der Waals surface area contributed by atoms with Gasteiger partial charge in [-0.1, -0.05) is 6.07 Å². The van der Waals surface area contributed by atoms with Crippen LogP contribution in [0.4, 0.5) is 0 Å². The molecule has 17 heavy (non-hydrogen) atoms. The van der Waals surface area contributed by atoms with Crippen LogP contribution in [0.2, 0.25) is 0 Å². The molecular formula is C12H12INO3. The van der Waals surface area contributed by atoms with Gasteiger partial charge in [-0.05, 0) is 53.6 Å². The van der Waals surface area contributed by atoms with Crippen LogP contribution in [0.3, 0.4) is 0 Å². The van der Waals surface area contributed by atoms with Crippen molar-refractivity contribution >= 4 is 34.5 Å². The number of halogens is 1. The maximum absolute atomic E-state index is 12.2. The first-order chi connectivity index (χ1) is 8.08. The highest BCUT2D eigenvalue weighted by molar-refractivity contribution is 14.1. The number of aliphatic carboxylic acids is 1. The fourth-order valence-electron chi connectivity index (χ4n) is 1.69. The summed E-state index contributed by atoms with van der Waals surface area (Å²) in [5, 5.41) is 8.82. The molecule has 0 spiro atoms. The quantitative estimate of drug-likeness (QED) is 0.849. The molecule has 0 aliphatic heterocycles. The average molecular weight is 345 g/mol. The molecule has 1 aromatic rings. The number of hydrogen-bond donors (Lipinski definition) is 1. The standard InChI is InChI=1S/C12H12INO3/c13-9-3-1-2-8(6-9)12(17)14(7-11(15)16)10-4-5-10/h1-3,6,10H,4-5,7H2,(H,15,16). The molecule has 0 saturated heterocycles. The van der Waals surface area contributed by atoms with E-state index in [9.17, 15) is 9.59 Å². The highest BCUT2D eigenvalue weighted by Gasteiger charge is 2.34. The van der Waals surface area contributed by atoms with Crippen molar-refractivity contribution in [3.8, 4) is 0 Å². The van der Waals surface area contributed by atoms with E-state index in [-0.39, 0.29) is 18.5 Å². The molecule has 0 heterocycles. The molecule has 1 aliphatic carbocycles. The first kappa shape index (κ1) is 12.3. The van der Waals surface area contributed by atoms with Crippen LogP contribution in [-0.4, -0.2) is 34.5 Å². The van der Waals surface area contributed by atoms with Crippen molar-refractivity contribution in [2.24, 2.45) is 0 Å². The molecule has 0 atom stereocenters. The van der Waals surface area contributed by atoms with Gasteiger partial charge in [0.15, 0.2) is 0 Å². The van der Waals surface area contributed by atoms with Gasteiger partial charge in [-0.2, -0.15) is 0 Å². The second-order valence-corrected chi connectivity index (χ2v) is 5.31. The molecule has 1 aromatic carbocycles. The van der Waals surface area contributed by atoms with E-state index in [1.165, 1.54) is 4.90 Å². The Morgan fingerprint density at radius 1 is 1.41 bits per heavy atom. The van der Waals surface area contributed by atoms with E-state index in [1.54, 1.807) is 18.2 Å². The second-order valence-electron chi connectivity index (χ2n) is 4.07. The number of nitrogens with zero attached hydrogens (tertiary/aromatic N) is 1. The number of rotatable bonds is 4. The maximum atomic E-state index is 12.2. The summed E-state index contributed by atoms with van der Waals surface area (Å²) in [4.78, 5) is 24.4. The summed E-state index contributed by atoms with van der Waals surface area (Å²) in [6, 6.07) is 7.31. The van der Waals surface area contributed by atoms with Crippen LogP contribution in [-0.2, 0) is 4.79 Å². The highest BCUT2D eigenvalue weighted by Crippen LogP contribution is 2.28. The predicted molar refractivity (Wildman–Crippen MR) is 70.9 cm³/mol. The summed E-state index contributed by atoms with van der Waals surface area (Å²) in [6.45, 7) is -0.213. The van der Waals surface area contributed by atoms with Crippen LogP contribution < -0.4 is 0 Å². The minimum atomic E-state index is -0.962. The van der Waals surface area contributed by atoms with Gasteiger partial charge in [0.1, 0.15) is 6.54 Å². The molecule has 0 unspecified atom stereocenters. The van der Waals surface area contributed by atoms with Gasteiger partial charge in [-0.25, -0.2) is 0 Å². The van der Waals surface area contributed by atoms with Gasteiger partial charge in [0.2, 0.25) is 0 Å². The Balaban J connectivity index is 2.18. The maximum Gasteiger partial charge on any atom is 0.323 e. The van der Waals surface area contributed by atoms with Crippen LogP contribution in [0, 0.1) is 3.57 Å². The smallest absolute Gasteiger partial charge is 0.323 e. The summed E-state index contributed by atoms with van der Waals surface area (Å²) in [5.41, 5.74) is 0.560. The number of hydrogen-bond acceptors (Lipinski definition) is 2. The Kier molecular flexibility index (Phi) is 3.66. The number of carbonyl (C=O) groups is 2. The van der Waals surface area contributed by atoms with Gasteiger partial charge in [0, 0.05) is 15.2 Å². The Morgan fingerprint density at radius 2 is 2.12 bits per heavy atom. The topological polar surface area (TPSA) is 57.6 Å². The lowest BCUT2D eigenvalue weighted by molar-refractivity contribution is -0.137. The summed E-state index contributed by atoms with van der Waals surface area (Å²) in [6.07, 6.45) is 1.81. The van der Waals surface area contributed by atoms with Gasteiger partial charge >= 0.3 is 5.97 Å². The molecule has 5 heteroatoms. The van der Waals surface area contributed by atoms with Crippen molar-refractivity contribution in [1.82, 2.24) is 4.90 Å². The molecule has 1 N–H and O–H groups in total. The third-order valence-corrected chi connectivity index (χ3v) is 3.30.